The molecule has 3 aromatic carbocycles. The number of nitrogens with one attached hydrogen (secondary N) is 2. The van der Waals surface area contributed by atoms with E-state index in [9.17, 15) is 16.8 Å². The molecule has 2 N–H and O–H groups in total. The molecule has 1 aliphatic rings. The van der Waals surface area contributed by atoms with E-state index in [1.807, 2.05) is 12.1 Å². The van der Waals surface area contributed by atoms with Gasteiger partial charge in [-0.15, -0.1) is 0 Å². The molecule has 7 nitrogen and oxygen atoms in total. The quantitative estimate of drug-likeness (QED) is 0.407. The number of nitrogens with zero attached hydrogens (tertiary/aromatic N) is 1. The van der Waals surface area contributed by atoms with Gasteiger partial charge in [-0.1, -0.05) is 65.1 Å². The SMILES string of the molecule is CS(=O)(=O)c1ccccc1S(=O)(=O)NC(C1=NNC(c2ccc(Cl)cc2)C1)c1ccc(Cl)cc1Cl. The second-order valence-corrected chi connectivity index (χ2v) is 12.9. The van der Waals surface area contributed by atoms with E-state index in [4.69, 9.17) is 34.8 Å². The summed E-state index contributed by atoms with van der Waals surface area (Å²) in [6.45, 7) is 0. The van der Waals surface area contributed by atoms with Crippen LogP contribution in [-0.4, -0.2) is 28.8 Å². The van der Waals surface area contributed by atoms with Crippen LogP contribution in [-0.2, 0) is 19.9 Å². The van der Waals surface area contributed by atoms with E-state index < -0.39 is 25.9 Å². The summed E-state index contributed by atoms with van der Waals surface area (Å²) in [5.74, 6) is 0. The first kappa shape index (κ1) is 25.9. The van der Waals surface area contributed by atoms with Crippen LogP contribution in [0.4, 0.5) is 0 Å². The molecule has 0 amide bonds. The highest BCUT2D eigenvalue weighted by Crippen LogP contribution is 2.34. The summed E-state index contributed by atoms with van der Waals surface area (Å²) < 4.78 is 54.1. The molecule has 4 rings (SSSR count). The van der Waals surface area contributed by atoms with Gasteiger partial charge in [-0.2, -0.15) is 9.82 Å². The largest absolute Gasteiger partial charge is 0.302 e. The molecule has 0 radical (unpaired) electrons. The fourth-order valence-electron chi connectivity index (χ4n) is 3.77. The number of halogens is 3. The van der Waals surface area contributed by atoms with E-state index >= 15 is 0 Å². The molecule has 3 aromatic rings. The number of sulfonamides is 1. The molecule has 0 bridgehead atoms. The molecule has 35 heavy (non-hydrogen) atoms. The number of sulfone groups is 1. The summed E-state index contributed by atoms with van der Waals surface area (Å²) in [6, 6.07) is 16.1. The summed E-state index contributed by atoms with van der Waals surface area (Å²) in [5.41, 5.74) is 4.84. The van der Waals surface area contributed by atoms with Crippen LogP contribution in [0.1, 0.15) is 29.6 Å². The second kappa shape index (κ2) is 10.1. The zero-order chi connectivity index (χ0) is 25.4. The number of benzene rings is 3. The van der Waals surface area contributed by atoms with Gasteiger partial charge in [0.1, 0.15) is 4.90 Å². The Morgan fingerprint density at radius 1 is 0.914 bits per heavy atom. The van der Waals surface area contributed by atoms with Gasteiger partial charge in [-0.05, 0) is 47.5 Å². The molecular weight excluding hydrogens is 553 g/mol. The third kappa shape index (κ3) is 5.82. The Balaban J connectivity index is 1.74. The predicted octanol–water partition coefficient (Wildman–Crippen LogP) is 5.16. The van der Waals surface area contributed by atoms with Crippen molar-refractivity contribution in [3.05, 3.63) is 92.9 Å². The van der Waals surface area contributed by atoms with Crippen LogP contribution < -0.4 is 10.1 Å². The smallest absolute Gasteiger partial charge is 0.242 e. The van der Waals surface area contributed by atoms with Crippen LogP contribution in [0.2, 0.25) is 15.1 Å². The van der Waals surface area contributed by atoms with Gasteiger partial charge in [0.25, 0.3) is 0 Å². The van der Waals surface area contributed by atoms with Gasteiger partial charge in [-0.25, -0.2) is 16.8 Å². The van der Waals surface area contributed by atoms with Gasteiger partial charge in [-0.3, -0.25) is 0 Å². The average molecular weight is 573 g/mol. The van der Waals surface area contributed by atoms with Crippen molar-refractivity contribution in [3.63, 3.8) is 0 Å². The maximum absolute atomic E-state index is 13.5. The van der Waals surface area contributed by atoms with Crippen molar-refractivity contribution in [1.29, 1.82) is 0 Å². The van der Waals surface area contributed by atoms with Gasteiger partial charge in [0.2, 0.25) is 10.0 Å². The lowest BCUT2D eigenvalue weighted by Crippen LogP contribution is -2.34. The second-order valence-electron chi connectivity index (χ2n) is 7.98. The fraction of sp³-hybridized carbons (Fsp3) is 0.174. The van der Waals surface area contributed by atoms with E-state index in [1.54, 1.807) is 24.3 Å². The normalized spacial score (nSPS) is 17.0. The summed E-state index contributed by atoms with van der Waals surface area (Å²) in [6.07, 6.45) is 1.32. The van der Waals surface area contributed by atoms with Crippen molar-refractivity contribution in [2.24, 2.45) is 5.10 Å². The minimum atomic E-state index is -4.32. The van der Waals surface area contributed by atoms with Gasteiger partial charge < -0.3 is 5.43 Å². The number of hydrogen-bond acceptors (Lipinski definition) is 6. The van der Waals surface area contributed by atoms with Crippen LogP contribution >= 0.6 is 34.8 Å². The molecule has 2 atom stereocenters. The summed E-state index contributed by atoms with van der Waals surface area (Å²) in [7, 11) is -8.13. The Bertz CT molecular complexity index is 1510. The number of hydrazone groups is 1. The third-order valence-electron chi connectivity index (χ3n) is 5.47. The highest BCUT2D eigenvalue weighted by Gasteiger charge is 2.34. The lowest BCUT2D eigenvalue weighted by atomic mass is 9.96. The van der Waals surface area contributed by atoms with Crippen molar-refractivity contribution >= 4 is 60.4 Å². The Hall–Kier alpha value is -2.14. The predicted molar refractivity (Wildman–Crippen MR) is 138 cm³/mol. The van der Waals surface area contributed by atoms with Gasteiger partial charge in [0.15, 0.2) is 9.84 Å². The molecule has 12 heteroatoms. The molecule has 0 aliphatic carbocycles. The van der Waals surface area contributed by atoms with E-state index in [-0.39, 0.29) is 20.9 Å². The van der Waals surface area contributed by atoms with Gasteiger partial charge in [0, 0.05) is 27.7 Å². The topological polar surface area (TPSA) is 105 Å². The van der Waals surface area contributed by atoms with E-state index in [1.165, 1.54) is 30.3 Å². The van der Waals surface area contributed by atoms with E-state index in [0.717, 1.165) is 11.8 Å². The lowest BCUT2D eigenvalue weighted by Gasteiger charge is -2.21. The number of hydrogen-bond donors (Lipinski definition) is 2. The zero-order valence-corrected chi connectivity index (χ0v) is 22.1. The maximum atomic E-state index is 13.5. The molecule has 0 aromatic heterocycles. The Kier molecular flexibility index (Phi) is 7.47. The first-order valence-electron chi connectivity index (χ1n) is 10.3. The molecule has 0 saturated carbocycles. The highest BCUT2D eigenvalue weighted by molar-refractivity contribution is 7.93. The van der Waals surface area contributed by atoms with Crippen molar-refractivity contribution in [2.45, 2.75) is 28.3 Å². The maximum Gasteiger partial charge on any atom is 0.242 e. The first-order chi connectivity index (χ1) is 16.5. The summed E-state index contributed by atoms with van der Waals surface area (Å²) in [4.78, 5) is -0.669. The standard InChI is InChI=1S/C23H20Cl3N3O4S2/c1-34(30,31)21-4-2-3-5-22(21)35(32,33)29-23(17-11-10-16(25)12-18(17)26)20-13-19(27-28-20)14-6-8-15(24)9-7-14/h2-12,19,23,27,29H,13H2,1H3. The molecule has 1 aliphatic heterocycles. The summed E-state index contributed by atoms with van der Waals surface area (Å²) in [5, 5.41) is 5.61. The van der Waals surface area contributed by atoms with Crippen LogP contribution in [0.25, 0.3) is 0 Å². The molecule has 184 valence electrons. The third-order valence-corrected chi connectivity index (χ3v) is 9.05. The van der Waals surface area contributed by atoms with Crippen molar-refractivity contribution in [2.75, 3.05) is 6.26 Å². The van der Waals surface area contributed by atoms with E-state index in [2.05, 4.69) is 15.2 Å². The fourth-order valence-corrected chi connectivity index (χ4v) is 7.25. The first-order valence-corrected chi connectivity index (χ1v) is 14.8. The molecule has 0 fully saturated rings. The van der Waals surface area contributed by atoms with Crippen LogP contribution in [0.5, 0.6) is 0 Å². The molecule has 0 saturated heterocycles. The minimum absolute atomic E-state index is 0.219. The Morgan fingerprint density at radius 3 is 2.17 bits per heavy atom. The van der Waals surface area contributed by atoms with E-state index in [0.29, 0.717) is 27.7 Å². The van der Waals surface area contributed by atoms with Crippen LogP contribution in [0.15, 0.2) is 81.6 Å². The summed E-state index contributed by atoms with van der Waals surface area (Å²) >= 11 is 18.5. The van der Waals surface area contributed by atoms with Crippen LogP contribution in [0.3, 0.4) is 0 Å². The monoisotopic (exact) mass is 571 g/mol. The molecule has 1 heterocycles. The van der Waals surface area contributed by atoms with Crippen LogP contribution in [0, 0.1) is 0 Å². The molecular formula is C23H20Cl3N3O4S2. The molecule has 2 unspecified atom stereocenters. The highest BCUT2D eigenvalue weighted by atomic mass is 35.5. The van der Waals surface area contributed by atoms with Crippen molar-refractivity contribution < 1.29 is 16.8 Å². The van der Waals surface area contributed by atoms with Crippen molar-refractivity contribution in [1.82, 2.24) is 10.1 Å². The van der Waals surface area contributed by atoms with Crippen molar-refractivity contribution in [3.8, 4) is 0 Å². The minimum Gasteiger partial charge on any atom is -0.302 e. The van der Waals surface area contributed by atoms with Gasteiger partial charge >= 0.3 is 0 Å². The number of rotatable bonds is 7. The average Bonchev–Trinajstić information content (AvgIpc) is 3.28. The zero-order valence-electron chi connectivity index (χ0n) is 18.2. The van der Waals surface area contributed by atoms with Gasteiger partial charge in [0.05, 0.1) is 22.7 Å². The molecule has 0 spiro atoms. The lowest BCUT2D eigenvalue weighted by molar-refractivity contribution is 0.570. The Morgan fingerprint density at radius 2 is 1.54 bits per heavy atom. The Labute approximate surface area is 219 Å².